The van der Waals surface area contributed by atoms with Crippen LogP contribution in [0.3, 0.4) is 0 Å². The van der Waals surface area contributed by atoms with Crippen molar-refractivity contribution in [2.75, 3.05) is 14.2 Å². The fourth-order valence-corrected chi connectivity index (χ4v) is 0.762. The molecular weight excluding hydrogens is 178 g/mol. The molecule has 13 heavy (non-hydrogen) atoms. The van der Waals surface area contributed by atoms with Crippen LogP contribution in [0.1, 0.15) is 6.92 Å². The third kappa shape index (κ3) is 1.96. The van der Waals surface area contributed by atoms with E-state index in [0.29, 0.717) is 0 Å². The van der Waals surface area contributed by atoms with Gasteiger partial charge in [-0.05, 0) is 6.92 Å². The molecule has 0 fully saturated rings. The van der Waals surface area contributed by atoms with Gasteiger partial charge >= 0.3 is 11.9 Å². The maximum absolute atomic E-state index is 11.1. The van der Waals surface area contributed by atoms with Gasteiger partial charge in [0.15, 0.2) is 0 Å². The first-order valence-corrected chi connectivity index (χ1v) is 3.55. The average molecular weight is 191 g/mol. The van der Waals surface area contributed by atoms with E-state index < -0.39 is 23.6 Å². The van der Waals surface area contributed by atoms with Gasteiger partial charge in [-0.3, -0.25) is 0 Å². The molecule has 0 amide bonds. The second-order valence-corrected chi connectivity index (χ2v) is 2.53. The summed E-state index contributed by atoms with van der Waals surface area (Å²) in [5, 5.41) is 9.15. The molecule has 0 aromatic rings. The van der Waals surface area contributed by atoms with E-state index in [-0.39, 0.29) is 0 Å². The topological polar surface area (TPSA) is 98.9 Å². The van der Waals surface area contributed by atoms with Crippen LogP contribution in [0.25, 0.3) is 0 Å². The van der Waals surface area contributed by atoms with Gasteiger partial charge in [0.2, 0.25) is 5.54 Å². The summed E-state index contributed by atoms with van der Waals surface area (Å²) < 4.78 is 8.55. The van der Waals surface area contributed by atoms with Gasteiger partial charge in [0.1, 0.15) is 0 Å². The predicted octanol–water partition coefficient (Wildman–Crippen LogP) is -1.59. The summed E-state index contributed by atoms with van der Waals surface area (Å²) in [7, 11) is 2.13. The zero-order chi connectivity index (χ0) is 10.6. The molecule has 0 bridgehead atoms. The van der Waals surface area contributed by atoms with Crippen LogP contribution in [-0.4, -0.2) is 42.9 Å². The van der Waals surface area contributed by atoms with Gasteiger partial charge in [0, 0.05) is 0 Å². The standard InChI is InChI=1S/C7H13NO5/c1-4(9)7(8,5(10)12-2)6(11)13-3/h4,9H,8H2,1-3H3. The molecule has 1 atom stereocenters. The van der Waals surface area contributed by atoms with Crippen molar-refractivity contribution in [1.29, 1.82) is 0 Å². The molecule has 0 rings (SSSR count). The fourth-order valence-electron chi connectivity index (χ4n) is 0.762. The summed E-state index contributed by atoms with van der Waals surface area (Å²) in [6, 6.07) is 0. The summed E-state index contributed by atoms with van der Waals surface area (Å²) in [6.45, 7) is 1.20. The van der Waals surface area contributed by atoms with E-state index in [2.05, 4.69) is 9.47 Å². The molecule has 0 saturated heterocycles. The third-order valence-corrected chi connectivity index (χ3v) is 1.71. The van der Waals surface area contributed by atoms with Crippen LogP contribution in [0.2, 0.25) is 0 Å². The first-order valence-electron chi connectivity index (χ1n) is 3.55. The van der Waals surface area contributed by atoms with E-state index in [1.807, 2.05) is 0 Å². The summed E-state index contributed by atoms with van der Waals surface area (Å²) in [4.78, 5) is 22.1. The summed E-state index contributed by atoms with van der Waals surface area (Å²) in [5.41, 5.74) is 3.20. The van der Waals surface area contributed by atoms with E-state index in [1.165, 1.54) is 6.92 Å². The van der Waals surface area contributed by atoms with E-state index in [9.17, 15) is 9.59 Å². The van der Waals surface area contributed by atoms with E-state index in [0.717, 1.165) is 14.2 Å². The quantitative estimate of drug-likeness (QED) is 0.412. The van der Waals surface area contributed by atoms with Gasteiger partial charge in [-0.2, -0.15) is 0 Å². The van der Waals surface area contributed by atoms with E-state index in [4.69, 9.17) is 10.8 Å². The SMILES string of the molecule is COC(=O)C(N)(C(=O)OC)C(C)O. The van der Waals surface area contributed by atoms with Gasteiger partial charge in [0.25, 0.3) is 0 Å². The normalized spacial score (nSPS) is 13.3. The first-order chi connectivity index (χ1) is 5.91. The second-order valence-electron chi connectivity index (χ2n) is 2.53. The number of aliphatic hydroxyl groups is 1. The maximum Gasteiger partial charge on any atom is 0.340 e. The largest absolute Gasteiger partial charge is 0.467 e. The molecule has 76 valence electrons. The van der Waals surface area contributed by atoms with Gasteiger partial charge in [-0.15, -0.1) is 0 Å². The number of hydrogen-bond donors (Lipinski definition) is 2. The molecule has 0 heterocycles. The minimum Gasteiger partial charge on any atom is -0.467 e. The minimum absolute atomic E-state index is 1.03. The highest BCUT2D eigenvalue weighted by Crippen LogP contribution is 2.11. The molecule has 0 spiro atoms. The van der Waals surface area contributed by atoms with Crippen LogP contribution in [0, 0.1) is 0 Å². The van der Waals surface area contributed by atoms with Gasteiger partial charge in [0.05, 0.1) is 20.3 Å². The van der Waals surface area contributed by atoms with Crippen LogP contribution in [-0.2, 0) is 19.1 Å². The molecule has 3 N–H and O–H groups in total. The highest BCUT2D eigenvalue weighted by atomic mass is 16.5. The van der Waals surface area contributed by atoms with Gasteiger partial charge in [-0.25, -0.2) is 9.59 Å². The van der Waals surface area contributed by atoms with Gasteiger partial charge < -0.3 is 20.3 Å². The van der Waals surface area contributed by atoms with Crippen molar-refractivity contribution in [2.24, 2.45) is 5.73 Å². The summed E-state index contributed by atoms with van der Waals surface area (Å²) in [5.74, 6) is -2.07. The Morgan fingerprint density at radius 2 is 1.62 bits per heavy atom. The number of nitrogens with two attached hydrogens (primary N) is 1. The Labute approximate surface area is 75.6 Å². The monoisotopic (exact) mass is 191 g/mol. The molecule has 0 aliphatic rings. The Morgan fingerprint density at radius 1 is 1.31 bits per heavy atom. The van der Waals surface area contributed by atoms with Gasteiger partial charge in [-0.1, -0.05) is 0 Å². The summed E-state index contributed by atoms with van der Waals surface area (Å²) in [6.07, 6.45) is -1.38. The van der Waals surface area contributed by atoms with Crippen molar-refractivity contribution in [3.63, 3.8) is 0 Å². The molecule has 0 aliphatic carbocycles. The van der Waals surface area contributed by atoms with Crippen molar-refractivity contribution in [1.82, 2.24) is 0 Å². The van der Waals surface area contributed by atoms with Crippen LogP contribution in [0.5, 0.6) is 0 Å². The van der Waals surface area contributed by atoms with Crippen molar-refractivity contribution in [3.8, 4) is 0 Å². The molecule has 0 radical (unpaired) electrons. The first kappa shape index (κ1) is 11.9. The second kappa shape index (κ2) is 4.20. The molecule has 0 aromatic carbocycles. The zero-order valence-electron chi connectivity index (χ0n) is 7.73. The maximum atomic E-state index is 11.1. The zero-order valence-corrected chi connectivity index (χ0v) is 7.73. The molecular formula is C7H13NO5. The number of carbonyl (C=O) groups excluding carboxylic acids is 2. The lowest BCUT2D eigenvalue weighted by Crippen LogP contribution is -2.63. The Bertz CT molecular complexity index is 197. The van der Waals surface area contributed by atoms with Crippen LogP contribution in [0.15, 0.2) is 0 Å². The predicted molar refractivity (Wildman–Crippen MR) is 42.6 cm³/mol. The number of carbonyl (C=O) groups is 2. The van der Waals surface area contributed by atoms with Crippen molar-refractivity contribution >= 4 is 11.9 Å². The van der Waals surface area contributed by atoms with E-state index in [1.54, 1.807) is 0 Å². The molecule has 0 aliphatic heterocycles. The third-order valence-electron chi connectivity index (χ3n) is 1.71. The van der Waals surface area contributed by atoms with Crippen LogP contribution >= 0.6 is 0 Å². The number of rotatable bonds is 3. The number of hydrogen-bond acceptors (Lipinski definition) is 6. The molecule has 1 unspecified atom stereocenters. The lowest BCUT2D eigenvalue weighted by molar-refractivity contribution is -0.166. The number of aliphatic hydroxyl groups excluding tert-OH is 1. The van der Waals surface area contributed by atoms with Crippen LogP contribution in [0.4, 0.5) is 0 Å². The smallest absolute Gasteiger partial charge is 0.340 e. The number of methoxy groups -OCH3 is 2. The lowest BCUT2D eigenvalue weighted by atomic mass is 9.95. The molecule has 0 saturated carbocycles. The number of esters is 2. The summed E-state index contributed by atoms with van der Waals surface area (Å²) >= 11 is 0. The van der Waals surface area contributed by atoms with Crippen LogP contribution < -0.4 is 5.73 Å². The van der Waals surface area contributed by atoms with Crippen molar-refractivity contribution < 1.29 is 24.2 Å². The fraction of sp³-hybridized carbons (Fsp3) is 0.714. The Hall–Kier alpha value is -1.14. The average Bonchev–Trinajstić information content (AvgIpc) is 2.13. The molecule has 0 aromatic heterocycles. The number of ether oxygens (including phenoxy) is 2. The minimum atomic E-state index is -2.15. The highest BCUT2D eigenvalue weighted by Gasteiger charge is 2.49. The Balaban J connectivity index is 4.94. The molecule has 6 nitrogen and oxygen atoms in total. The van der Waals surface area contributed by atoms with Crippen molar-refractivity contribution in [2.45, 2.75) is 18.6 Å². The van der Waals surface area contributed by atoms with Crippen molar-refractivity contribution in [3.05, 3.63) is 0 Å². The van der Waals surface area contributed by atoms with E-state index >= 15 is 0 Å². The lowest BCUT2D eigenvalue weighted by Gasteiger charge is -2.25. The Morgan fingerprint density at radius 3 is 1.77 bits per heavy atom. The molecule has 6 heteroatoms. The highest BCUT2D eigenvalue weighted by molar-refractivity contribution is 6.05. The Kier molecular flexibility index (Phi) is 3.83.